The van der Waals surface area contributed by atoms with E-state index in [1.807, 2.05) is 31.2 Å². The molecule has 1 amide bonds. The highest BCUT2D eigenvalue weighted by Crippen LogP contribution is 2.32. The number of hydrogen-bond acceptors (Lipinski definition) is 5. The second-order valence-corrected chi connectivity index (χ2v) is 5.76. The zero-order chi connectivity index (χ0) is 15.5. The maximum Gasteiger partial charge on any atom is 0.243 e. The predicted octanol–water partition coefficient (Wildman–Crippen LogP) is 0.502. The van der Waals surface area contributed by atoms with Gasteiger partial charge in [0.1, 0.15) is 6.54 Å². The fourth-order valence-corrected chi connectivity index (χ4v) is 2.38. The number of tetrazole rings is 1. The van der Waals surface area contributed by atoms with Crippen LogP contribution in [0.3, 0.4) is 0 Å². The number of benzene rings is 1. The molecular weight excluding hydrogens is 280 g/mol. The molecule has 1 atom stereocenters. The van der Waals surface area contributed by atoms with Crippen molar-refractivity contribution >= 4 is 5.91 Å². The van der Waals surface area contributed by atoms with Crippen molar-refractivity contribution in [2.24, 2.45) is 11.7 Å². The third-order valence-corrected chi connectivity index (χ3v) is 3.84. The molecule has 2 aromatic rings. The van der Waals surface area contributed by atoms with Crippen LogP contribution in [0.25, 0.3) is 11.4 Å². The van der Waals surface area contributed by atoms with E-state index in [4.69, 9.17) is 5.73 Å². The summed E-state index contributed by atoms with van der Waals surface area (Å²) in [4.78, 5) is 13.3. The lowest BCUT2D eigenvalue weighted by molar-refractivity contribution is -0.122. The first-order valence-corrected chi connectivity index (χ1v) is 7.50. The van der Waals surface area contributed by atoms with E-state index >= 15 is 0 Å². The van der Waals surface area contributed by atoms with Crippen LogP contribution in [0, 0.1) is 12.8 Å². The summed E-state index contributed by atoms with van der Waals surface area (Å²) in [6, 6.07) is 7.92. The lowest BCUT2D eigenvalue weighted by Crippen LogP contribution is -2.43. The summed E-state index contributed by atoms with van der Waals surface area (Å²) in [5.41, 5.74) is 7.74. The molecule has 1 unspecified atom stereocenters. The molecule has 0 saturated heterocycles. The number of nitrogens with zero attached hydrogens (tertiary/aromatic N) is 4. The zero-order valence-corrected chi connectivity index (χ0v) is 12.6. The van der Waals surface area contributed by atoms with Crippen molar-refractivity contribution in [2.75, 3.05) is 6.54 Å². The molecular formula is C15H20N6O. The van der Waals surface area contributed by atoms with E-state index in [1.165, 1.54) is 10.4 Å². The van der Waals surface area contributed by atoms with Crippen molar-refractivity contribution in [2.45, 2.75) is 32.4 Å². The molecule has 1 aliphatic rings. The summed E-state index contributed by atoms with van der Waals surface area (Å²) in [7, 11) is 0. The lowest BCUT2D eigenvalue weighted by atomic mass is 10.1. The number of carbonyl (C=O) groups excluding carboxylic acids is 1. The van der Waals surface area contributed by atoms with E-state index in [1.54, 1.807) is 0 Å². The third kappa shape index (κ3) is 3.48. The molecule has 0 radical (unpaired) electrons. The van der Waals surface area contributed by atoms with Gasteiger partial charge in [-0.15, -0.1) is 10.2 Å². The number of nitrogens with one attached hydrogen (secondary N) is 1. The van der Waals surface area contributed by atoms with Crippen LogP contribution in [0.15, 0.2) is 24.3 Å². The zero-order valence-electron chi connectivity index (χ0n) is 12.6. The first kappa shape index (κ1) is 14.6. The van der Waals surface area contributed by atoms with E-state index in [2.05, 4.69) is 20.7 Å². The number of carbonyl (C=O) groups is 1. The fraction of sp³-hybridized carbons (Fsp3) is 0.467. The van der Waals surface area contributed by atoms with Crippen LogP contribution in [0.5, 0.6) is 0 Å². The standard InChI is InChI=1S/C15H20N6O/c1-10-2-4-12(5-3-10)15-18-20-21(19-15)9-14(22)17-13(8-16)11-6-7-11/h2-5,11,13H,6-9,16H2,1H3,(H,17,22). The van der Waals surface area contributed by atoms with Crippen LogP contribution in [0.2, 0.25) is 0 Å². The van der Waals surface area contributed by atoms with Gasteiger partial charge in [0.25, 0.3) is 0 Å². The van der Waals surface area contributed by atoms with Crippen LogP contribution in [-0.2, 0) is 11.3 Å². The second kappa shape index (κ2) is 6.23. The van der Waals surface area contributed by atoms with Gasteiger partial charge in [0.2, 0.25) is 11.7 Å². The van der Waals surface area contributed by atoms with Gasteiger partial charge in [0, 0.05) is 18.2 Å². The SMILES string of the molecule is Cc1ccc(-c2nnn(CC(=O)NC(CN)C3CC3)n2)cc1. The van der Waals surface area contributed by atoms with Crippen molar-refractivity contribution in [3.05, 3.63) is 29.8 Å². The highest BCUT2D eigenvalue weighted by Gasteiger charge is 2.31. The third-order valence-electron chi connectivity index (χ3n) is 3.84. The van der Waals surface area contributed by atoms with Gasteiger partial charge in [0.05, 0.1) is 0 Å². The molecule has 0 aliphatic heterocycles. The monoisotopic (exact) mass is 300 g/mol. The van der Waals surface area contributed by atoms with Gasteiger partial charge in [-0.05, 0) is 30.9 Å². The van der Waals surface area contributed by atoms with E-state index in [0.29, 0.717) is 18.3 Å². The Kier molecular flexibility index (Phi) is 4.15. The Balaban J connectivity index is 1.61. The molecule has 0 bridgehead atoms. The molecule has 1 saturated carbocycles. The largest absolute Gasteiger partial charge is 0.350 e. The van der Waals surface area contributed by atoms with Crippen LogP contribution in [0.1, 0.15) is 18.4 Å². The van der Waals surface area contributed by atoms with Gasteiger partial charge in [-0.2, -0.15) is 4.80 Å². The van der Waals surface area contributed by atoms with E-state index < -0.39 is 0 Å². The summed E-state index contributed by atoms with van der Waals surface area (Å²) >= 11 is 0. The number of nitrogens with two attached hydrogens (primary N) is 1. The smallest absolute Gasteiger partial charge is 0.243 e. The Hall–Kier alpha value is -2.28. The first-order valence-electron chi connectivity index (χ1n) is 7.50. The minimum Gasteiger partial charge on any atom is -0.350 e. The minimum atomic E-state index is -0.129. The van der Waals surface area contributed by atoms with E-state index in [-0.39, 0.29) is 18.5 Å². The molecule has 1 heterocycles. The number of aromatic nitrogens is 4. The van der Waals surface area contributed by atoms with Crippen molar-refractivity contribution in [1.29, 1.82) is 0 Å². The van der Waals surface area contributed by atoms with Crippen molar-refractivity contribution in [3.63, 3.8) is 0 Å². The predicted molar refractivity (Wildman–Crippen MR) is 81.7 cm³/mol. The maximum atomic E-state index is 12.0. The Morgan fingerprint density at radius 2 is 2.14 bits per heavy atom. The van der Waals surface area contributed by atoms with Gasteiger partial charge in [0.15, 0.2) is 0 Å². The Labute approximate surface area is 128 Å². The van der Waals surface area contributed by atoms with Gasteiger partial charge in [-0.1, -0.05) is 29.8 Å². The molecule has 1 aliphatic carbocycles. The highest BCUT2D eigenvalue weighted by molar-refractivity contribution is 5.76. The topological polar surface area (TPSA) is 98.7 Å². The highest BCUT2D eigenvalue weighted by atomic mass is 16.2. The molecule has 1 fully saturated rings. The van der Waals surface area contributed by atoms with E-state index in [0.717, 1.165) is 18.4 Å². The van der Waals surface area contributed by atoms with Gasteiger partial charge in [-0.25, -0.2) is 0 Å². The van der Waals surface area contributed by atoms with Crippen LogP contribution in [0.4, 0.5) is 0 Å². The number of hydrogen-bond donors (Lipinski definition) is 2. The summed E-state index contributed by atoms with van der Waals surface area (Å²) in [5.74, 6) is 0.918. The lowest BCUT2D eigenvalue weighted by Gasteiger charge is -2.15. The van der Waals surface area contributed by atoms with Crippen molar-refractivity contribution in [1.82, 2.24) is 25.5 Å². The molecule has 1 aromatic carbocycles. The van der Waals surface area contributed by atoms with Crippen LogP contribution < -0.4 is 11.1 Å². The van der Waals surface area contributed by atoms with Gasteiger partial charge in [-0.3, -0.25) is 4.79 Å². The van der Waals surface area contributed by atoms with Crippen LogP contribution in [-0.4, -0.2) is 38.7 Å². The summed E-state index contributed by atoms with van der Waals surface area (Å²) in [6.45, 7) is 2.55. The molecule has 22 heavy (non-hydrogen) atoms. The van der Waals surface area contributed by atoms with E-state index in [9.17, 15) is 4.79 Å². The first-order chi connectivity index (χ1) is 10.7. The van der Waals surface area contributed by atoms with Gasteiger partial charge < -0.3 is 11.1 Å². The van der Waals surface area contributed by atoms with Crippen LogP contribution >= 0.6 is 0 Å². The summed E-state index contributed by atoms with van der Waals surface area (Å²) in [6.07, 6.45) is 2.28. The minimum absolute atomic E-state index is 0.0576. The Bertz CT molecular complexity index is 646. The van der Waals surface area contributed by atoms with Crippen molar-refractivity contribution < 1.29 is 4.79 Å². The maximum absolute atomic E-state index is 12.0. The Morgan fingerprint density at radius 3 is 2.77 bits per heavy atom. The molecule has 116 valence electrons. The number of amides is 1. The fourth-order valence-electron chi connectivity index (χ4n) is 2.38. The molecule has 1 aromatic heterocycles. The molecule has 0 spiro atoms. The normalized spacial score (nSPS) is 15.5. The van der Waals surface area contributed by atoms with Gasteiger partial charge >= 0.3 is 0 Å². The number of rotatable bonds is 6. The molecule has 3 rings (SSSR count). The average Bonchev–Trinajstić information content (AvgIpc) is 3.25. The molecule has 7 nitrogen and oxygen atoms in total. The number of aryl methyl sites for hydroxylation is 1. The average molecular weight is 300 g/mol. The summed E-state index contributed by atoms with van der Waals surface area (Å²) < 4.78 is 0. The second-order valence-electron chi connectivity index (χ2n) is 5.76. The molecule has 3 N–H and O–H groups in total. The Morgan fingerprint density at radius 1 is 1.41 bits per heavy atom. The van der Waals surface area contributed by atoms with Crippen molar-refractivity contribution in [3.8, 4) is 11.4 Å². The quantitative estimate of drug-likeness (QED) is 0.809. The molecule has 7 heteroatoms. The summed E-state index contributed by atoms with van der Waals surface area (Å²) in [5, 5.41) is 15.1.